The van der Waals surface area contributed by atoms with Crippen LogP contribution in [0, 0.1) is 11.3 Å². The number of amides is 1. The summed E-state index contributed by atoms with van der Waals surface area (Å²) in [5.74, 6) is -0.310. The SMILES string of the molecule is N#CC1=CNCC1.NC(=O)C1=CNCC1. The average Bonchev–Trinajstić information content (AvgIpc) is 2.92. The summed E-state index contributed by atoms with van der Waals surface area (Å²) in [6.07, 6.45) is 5.11. The van der Waals surface area contributed by atoms with E-state index in [2.05, 4.69) is 16.7 Å². The van der Waals surface area contributed by atoms with Crippen molar-refractivity contribution in [3.8, 4) is 6.07 Å². The Morgan fingerprint density at radius 1 is 1.33 bits per heavy atom. The predicted molar refractivity (Wildman–Crippen MR) is 56.2 cm³/mol. The molecule has 0 aromatic rings. The van der Waals surface area contributed by atoms with Gasteiger partial charge in [-0.25, -0.2) is 0 Å². The second-order valence-corrected chi connectivity index (χ2v) is 3.22. The number of hydrogen-bond acceptors (Lipinski definition) is 4. The third kappa shape index (κ3) is 3.73. The molecular formula is C10H14N4O. The maximum absolute atomic E-state index is 10.3. The maximum atomic E-state index is 10.3. The van der Waals surface area contributed by atoms with E-state index in [-0.39, 0.29) is 5.91 Å². The lowest BCUT2D eigenvalue weighted by Gasteiger charge is -1.87. The van der Waals surface area contributed by atoms with Crippen LogP contribution in [-0.2, 0) is 4.79 Å². The monoisotopic (exact) mass is 206 g/mol. The number of nitrogens with two attached hydrogens (primary N) is 1. The fourth-order valence-corrected chi connectivity index (χ4v) is 1.23. The van der Waals surface area contributed by atoms with Gasteiger partial charge in [-0.05, 0) is 6.42 Å². The molecule has 0 aromatic carbocycles. The molecule has 0 aromatic heterocycles. The van der Waals surface area contributed by atoms with E-state index in [4.69, 9.17) is 11.0 Å². The fraction of sp³-hybridized carbons (Fsp3) is 0.400. The van der Waals surface area contributed by atoms with Gasteiger partial charge in [0.1, 0.15) is 0 Å². The number of carbonyl (C=O) groups excluding carboxylic acids is 1. The van der Waals surface area contributed by atoms with E-state index in [1.54, 1.807) is 12.4 Å². The third-order valence-electron chi connectivity index (χ3n) is 2.09. The number of hydrogen-bond donors (Lipinski definition) is 3. The van der Waals surface area contributed by atoms with E-state index in [9.17, 15) is 4.79 Å². The first-order chi connectivity index (χ1) is 7.24. The minimum atomic E-state index is -0.310. The predicted octanol–water partition coefficient (Wildman–Crippen LogP) is -0.264. The van der Waals surface area contributed by atoms with Crippen LogP contribution in [-0.4, -0.2) is 19.0 Å². The molecule has 15 heavy (non-hydrogen) atoms. The summed E-state index contributed by atoms with van der Waals surface area (Å²) in [5.41, 5.74) is 6.51. The van der Waals surface area contributed by atoms with Gasteiger partial charge in [0.2, 0.25) is 5.91 Å². The van der Waals surface area contributed by atoms with Crippen molar-refractivity contribution in [1.82, 2.24) is 10.6 Å². The van der Waals surface area contributed by atoms with Crippen LogP contribution in [0.1, 0.15) is 12.8 Å². The number of carbonyl (C=O) groups is 1. The molecule has 1 amide bonds. The molecule has 0 atom stereocenters. The molecular weight excluding hydrogens is 192 g/mol. The summed E-state index contributed by atoms with van der Waals surface area (Å²) in [6, 6.07) is 2.06. The van der Waals surface area contributed by atoms with E-state index >= 15 is 0 Å². The summed E-state index contributed by atoms with van der Waals surface area (Å²) < 4.78 is 0. The summed E-state index contributed by atoms with van der Waals surface area (Å²) >= 11 is 0. The molecule has 5 heteroatoms. The number of nitrogens with zero attached hydrogens (tertiary/aromatic N) is 1. The molecule has 0 aliphatic carbocycles. The number of rotatable bonds is 1. The molecule has 0 spiro atoms. The Balaban J connectivity index is 0.000000151. The zero-order valence-corrected chi connectivity index (χ0v) is 8.42. The smallest absolute Gasteiger partial charge is 0.246 e. The Kier molecular flexibility index (Phi) is 4.23. The minimum Gasteiger partial charge on any atom is -0.390 e. The first-order valence-electron chi connectivity index (χ1n) is 4.79. The topological polar surface area (TPSA) is 90.9 Å². The van der Waals surface area contributed by atoms with Gasteiger partial charge in [0.25, 0.3) is 0 Å². The van der Waals surface area contributed by atoms with Crippen molar-refractivity contribution in [2.45, 2.75) is 12.8 Å². The van der Waals surface area contributed by atoms with Crippen molar-refractivity contribution in [3.05, 3.63) is 23.5 Å². The highest BCUT2D eigenvalue weighted by Crippen LogP contribution is 2.02. The fourth-order valence-electron chi connectivity index (χ4n) is 1.23. The van der Waals surface area contributed by atoms with Gasteiger partial charge in [0.15, 0.2) is 0 Å². The zero-order valence-electron chi connectivity index (χ0n) is 8.42. The van der Waals surface area contributed by atoms with E-state index in [0.717, 1.165) is 31.5 Å². The second kappa shape index (κ2) is 5.70. The summed E-state index contributed by atoms with van der Waals surface area (Å²) in [5, 5.41) is 14.0. The van der Waals surface area contributed by atoms with Crippen LogP contribution in [0.5, 0.6) is 0 Å². The molecule has 0 radical (unpaired) electrons. The first-order valence-corrected chi connectivity index (χ1v) is 4.79. The number of nitrogens with one attached hydrogen (secondary N) is 2. The standard InChI is InChI=1S/C5H8N2O.C5H6N2/c6-5(8)4-1-2-7-3-4;6-3-5-1-2-7-4-5/h3,7H,1-2H2,(H2,6,8);4,7H,1-2H2. The largest absolute Gasteiger partial charge is 0.390 e. The van der Waals surface area contributed by atoms with Crippen LogP contribution >= 0.6 is 0 Å². The second-order valence-electron chi connectivity index (χ2n) is 3.22. The molecule has 0 saturated heterocycles. The van der Waals surface area contributed by atoms with Gasteiger partial charge >= 0.3 is 0 Å². The van der Waals surface area contributed by atoms with Crippen LogP contribution in [0.25, 0.3) is 0 Å². The molecule has 5 nitrogen and oxygen atoms in total. The highest BCUT2D eigenvalue weighted by molar-refractivity contribution is 5.92. The maximum Gasteiger partial charge on any atom is 0.246 e. The van der Waals surface area contributed by atoms with Crippen LogP contribution < -0.4 is 16.4 Å². The average molecular weight is 206 g/mol. The van der Waals surface area contributed by atoms with Gasteiger partial charge in [0, 0.05) is 43.1 Å². The van der Waals surface area contributed by atoms with Crippen molar-refractivity contribution in [2.24, 2.45) is 5.73 Å². The first kappa shape index (κ1) is 11.1. The lowest BCUT2D eigenvalue weighted by atomic mass is 10.2. The van der Waals surface area contributed by atoms with Gasteiger partial charge < -0.3 is 16.4 Å². The Labute approximate surface area is 88.6 Å². The number of nitriles is 1. The molecule has 0 bridgehead atoms. The lowest BCUT2D eigenvalue weighted by Crippen LogP contribution is -2.12. The highest BCUT2D eigenvalue weighted by Gasteiger charge is 2.07. The van der Waals surface area contributed by atoms with E-state index < -0.39 is 0 Å². The van der Waals surface area contributed by atoms with Crippen LogP contribution in [0.3, 0.4) is 0 Å². The Bertz CT molecular complexity index is 338. The minimum absolute atomic E-state index is 0.310. The van der Waals surface area contributed by atoms with Crippen molar-refractivity contribution in [2.75, 3.05) is 13.1 Å². The Hall–Kier alpha value is -1.96. The van der Waals surface area contributed by atoms with Crippen LogP contribution in [0.15, 0.2) is 23.5 Å². The van der Waals surface area contributed by atoms with E-state index in [1.807, 2.05) is 0 Å². The molecule has 80 valence electrons. The molecule has 2 heterocycles. The molecule has 0 fully saturated rings. The molecule has 0 unspecified atom stereocenters. The van der Waals surface area contributed by atoms with Crippen molar-refractivity contribution in [1.29, 1.82) is 5.26 Å². The number of primary amides is 1. The van der Waals surface area contributed by atoms with Gasteiger partial charge in [0.05, 0.1) is 6.07 Å². The molecule has 2 aliphatic heterocycles. The van der Waals surface area contributed by atoms with E-state index in [1.165, 1.54) is 0 Å². The van der Waals surface area contributed by atoms with E-state index in [0.29, 0.717) is 5.57 Å². The lowest BCUT2D eigenvalue weighted by molar-refractivity contribution is -0.114. The van der Waals surface area contributed by atoms with Gasteiger partial charge in [-0.1, -0.05) is 0 Å². The summed E-state index contributed by atoms with van der Waals surface area (Å²) in [7, 11) is 0. The Morgan fingerprint density at radius 2 is 2.00 bits per heavy atom. The summed E-state index contributed by atoms with van der Waals surface area (Å²) in [6.45, 7) is 1.78. The Morgan fingerprint density at radius 3 is 2.27 bits per heavy atom. The highest BCUT2D eigenvalue weighted by atomic mass is 16.1. The van der Waals surface area contributed by atoms with Crippen LogP contribution in [0.2, 0.25) is 0 Å². The zero-order chi connectivity index (χ0) is 11.1. The van der Waals surface area contributed by atoms with Crippen LogP contribution in [0.4, 0.5) is 0 Å². The van der Waals surface area contributed by atoms with Gasteiger partial charge in [-0.2, -0.15) is 5.26 Å². The third-order valence-corrected chi connectivity index (χ3v) is 2.09. The van der Waals surface area contributed by atoms with Crippen molar-refractivity contribution >= 4 is 5.91 Å². The molecule has 2 aliphatic rings. The quantitative estimate of drug-likeness (QED) is 0.551. The van der Waals surface area contributed by atoms with Crippen molar-refractivity contribution in [3.63, 3.8) is 0 Å². The molecule has 4 N–H and O–H groups in total. The molecule has 2 rings (SSSR count). The molecule has 0 saturated carbocycles. The van der Waals surface area contributed by atoms with Gasteiger partial charge in [-0.3, -0.25) is 4.79 Å². The van der Waals surface area contributed by atoms with Gasteiger partial charge in [-0.15, -0.1) is 0 Å². The van der Waals surface area contributed by atoms with Crippen molar-refractivity contribution < 1.29 is 4.79 Å². The normalized spacial score (nSPS) is 17.3. The summed E-state index contributed by atoms with van der Waals surface area (Å²) in [4.78, 5) is 10.3.